The Hall–Kier alpha value is -3.12. The van der Waals surface area contributed by atoms with Crippen LogP contribution >= 0.6 is 11.6 Å². The smallest absolute Gasteiger partial charge is 0.459 e. The summed E-state index contributed by atoms with van der Waals surface area (Å²) in [4.78, 5) is 41.5. The van der Waals surface area contributed by atoms with Crippen LogP contribution in [0.4, 0.5) is 19.0 Å². The second kappa shape index (κ2) is 10.9. The van der Waals surface area contributed by atoms with Crippen LogP contribution in [-0.2, 0) is 32.2 Å². The highest BCUT2D eigenvalue weighted by Crippen LogP contribution is 2.22. The minimum atomic E-state index is -5.03. The van der Waals surface area contributed by atoms with E-state index in [1.54, 1.807) is 24.3 Å². The lowest BCUT2D eigenvalue weighted by Gasteiger charge is -2.36. The predicted molar refractivity (Wildman–Crippen MR) is 115 cm³/mol. The van der Waals surface area contributed by atoms with Crippen molar-refractivity contribution in [2.75, 3.05) is 31.6 Å². The van der Waals surface area contributed by atoms with Gasteiger partial charge in [-0.05, 0) is 12.5 Å². The molecule has 2 aromatic rings. The minimum Gasteiger partial charge on any atom is -0.459 e. The van der Waals surface area contributed by atoms with E-state index >= 15 is 0 Å². The number of anilines is 1. The van der Waals surface area contributed by atoms with Gasteiger partial charge in [-0.2, -0.15) is 13.2 Å². The Morgan fingerprint density at radius 1 is 1.29 bits per heavy atom. The molecular formula is C21H22ClF3N4O5. The Morgan fingerprint density at radius 2 is 2.00 bits per heavy atom. The van der Waals surface area contributed by atoms with Gasteiger partial charge in [0.2, 0.25) is 0 Å². The van der Waals surface area contributed by atoms with Crippen molar-refractivity contribution >= 4 is 29.3 Å². The first kappa shape index (κ1) is 25.5. The van der Waals surface area contributed by atoms with Crippen molar-refractivity contribution in [2.45, 2.75) is 32.3 Å². The van der Waals surface area contributed by atoms with E-state index in [-0.39, 0.29) is 49.6 Å². The first-order chi connectivity index (χ1) is 16.1. The molecule has 0 bridgehead atoms. The van der Waals surface area contributed by atoms with E-state index in [0.717, 1.165) is 10.1 Å². The number of benzene rings is 1. The van der Waals surface area contributed by atoms with Gasteiger partial charge in [0, 0.05) is 13.1 Å². The van der Waals surface area contributed by atoms with Gasteiger partial charge in [0.1, 0.15) is 13.2 Å². The van der Waals surface area contributed by atoms with E-state index in [4.69, 9.17) is 21.1 Å². The lowest BCUT2D eigenvalue weighted by molar-refractivity contribution is -0.192. The molecule has 0 spiro atoms. The van der Waals surface area contributed by atoms with Gasteiger partial charge in [0.25, 0.3) is 5.56 Å². The topological polar surface area (TPSA) is 103 Å². The molecule has 13 heteroatoms. The third-order valence-corrected chi connectivity index (χ3v) is 5.49. The molecule has 34 heavy (non-hydrogen) atoms. The Labute approximate surface area is 197 Å². The minimum absolute atomic E-state index is 0.0160. The molecule has 0 aliphatic carbocycles. The summed E-state index contributed by atoms with van der Waals surface area (Å²) < 4.78 is 50.1. The van der Waals surface area contributed by atoms with E-state index in [1.807, 2.05) is 6.07 Å². The molecule has 1 atom stereocenters. The highest BCUT2D eigenvalue weighted by Gasteiger charge is 2.45. The zero-order valence-electron chi connectivity index (χ0n) is 18.1. The molecule has 1 aromatic heterocycles. The van der Waals surface area contributed by atoms with Crippen molar-refractivity contribution in [1.82, 2.24) is 14.5 Å². The van der Waals surface area contributed by atoms with Crippen LogP contribution in [0.1, 0.15) is 11.3 Å². The van der Waals surface area contributed by atoms with Gasteiger partial charge >= 0.3 is 18.1 Å². The van der Waals surface area contributed by atoms with Crippen molar-refractivity contribution in [1.29, 1.82) is 0 Å². The standard InChI is InChI=1S/C21H22ClF3N4O5/c1-13-17(22)27-18(26-9-15-12-33-8-7-28(15)20(32)21(23,24)25)19(31)29(13)10-16(30)34-11-14-5-3-2-4-6-14/h2-6,15H,7-12H2,1H3,(H,26,27)/t15-/m0/s1. The van der Waals surface area contributed by atoms with Crippen molar-refractivity contribution in [3.05, 3.63) is 57.1 Å². The van der Waals surface area contributed by atoms with Gasteiger partial charge in [0.15, 0.2) is 11.0 Å². The molecule has 3 rings (SSSR count). The number of nitrogens with zero attached hydrogens (tertiary/aromatic N) is 3. The van der Waals surface area contributed by atoms with E-state index in [0.29, 0.717) is 4.90 Å². The average Bonchev–Trinajstić information content (AvgIpc) is 2.81. The lowest BCUT2D eigenvalue weighted by atomic mass is 10.2. The third-order valence-electron chi connectivity index (χ3n) is 5.13. The number of halogens is 4. The van der Waals surface area contributed by atoms with Gasteiger partial charge in [-0.15, -0.1) is 0 Å². The second-order valence-electron chi connectivity index (χ2n) is 7.48. The summed E-state index contributed by atoms with van der Waals surface area (Å²) in [6.07, 6.45) is -5.03. The Balaban J connectivity index is 1.71. The van der Waals surface area contributed by atoms with Crippen LogP contribution in [0.5, 0.6) is 0 Å². The Kier molecular flexibility index (Phi) is 8.15. The maximum atomic E-state index is 12.9. The zero-order valence-corrected chi connectivity index (χ0v) is 18.9. The van der Waals surface area contributed by atoms with Crippen LogP contribution in [0, 0.1) is 6.92 Å². The first-order valence-electron chi connectivity index (χ1n) is 10.2. The predicted octanol–water partition coefficient (Wildman–Crippen LogP) is 2.15. The molecule has 0 radical (unpaired) electrons. The molecule has 1 aromatic carbocycles. The van der Waals surface area contributed by atoms with Crippen LogP contribution in [0.3, 0.4) is 0 Å². The van der Waals surface area contributed by atoms with Crippen LogP contribution in [0.2, 0.25) is 5.15 Å². The van der Waals surface area contributed by atoms with Gasteiger partial charge in [-0.1, -0.05) is 41.9 Å². The number of morpholine rings is 1. The second-order valence-corrected chi connectivity index (χ2v) is 7.84. The summed E-state index contributed by atoms with van der Waals surface area (Å²) in [7, 11) is 0. The zero-order chi connectivity index (χ0) is 24.9. The van der Waals surface area contributed by atoms with Gasteiger partial charge < -0.3 is 19.7 Å². The van der Waals surface area contributed by atoms with Crippen LogP contribution in [0.25, 0.3) is 0 Å². The molecule has 1 fully saturated rings. The van der Waals surface area contributed by atoms with E-state index in [9.17, 15) is 27.6 Å². The van der Waals surface area contributed by atoms with Crippen LogP contribution in [-0.4, -0.2) is 64.8 Å². The van der Waals surface area contributed by atoms with E-state index < -0.39 is 36.2 Å². The number of hydrogen-bond donors (Lipinski definition) is 1. The number of aromatic nitrogens is 2. The quantitative estimate of drug-likeness (QED) is 0.579. The van der Waals surface area contributed by atoms with Gasteiger partial charge in [0.05, 0.1) is 24.9 Å². The molecule has 184 valence electrons. The van der Waals surface area contributed by atoms with Crippen molar-refractivity contribution in [3.8, 4) is 0 Å². The number of nitrogens with one attached hydrogen (secondary N) is 1. The molecule has 1 aliphatic heterocycles. The SMILES string of the molecule is Cc1c(Cl)nc(NC[C@H]2COCCN2C(=O)C(F)(F)F)c(=O)n1CC(=O)OCc1ccccc1. The summed E-state index contributed by atoms with van der Waals surface area (Å²) in [5.41, 5.74) is 0.260. The van der Waals surface area contributed by atoms with Gasteiger partial charge in [-0.3, -0.25) is 19.0 Å². The first-order valence-corrected chi connectivity index (χ1v) is 10.6. The summed E-state index contributed by atoms with van der Waals surface area (Å²) in [6.45, 7) is 0.372. The molecule has 1 N–H and O–H groups in total. The monoisotopic (exact) mass is 502 g/mol. The molecule has 1 saturated heterocycles. The summed E-state index contributed by atoms with van der Waals surface area (Å²) in [5, 5.41) is 2.55. The number of carbonyl (C=O) groups is 2. The normalized spacial score (nSPS) is 16.3. The largest absolute Gasteiger partial charge is 0.471 e. The fraction of sp³-hybridized carbons (Fsp3) is 0.429. The lowest BCUT2D eigenvalue weighted by Crippen LogP contribution is -2.55. The molecule has 0 saturated carbocycles. The summed E-state index contributed by atoms with van der Waals surface area (Å²) in [6, 6.07) is 7.96. The summed E-state index contributed by atoms with van der Waals surface area (Å²) in [5.74, 6) is -2.96. The van der Waals surface area contributed by atoms with E-state index in [1.165, 1.54) is 6.92 Å². The van der Waals surface area contributed by atoms with Crippen LogP contribution < -0.4 is 10.9 Å². The number of amides is 1. The molecule has 9 nitrogen and oxygen atoms in total. The number of carbonyl (C=O) groups excluding carboxylic acids is 2. The summed E-state index contributed by atoms with van der Waals surface area (Å²) >= 11 is 6.11. The Bertz CT molecular complexity index is 1090. The molecule has 1 amide bonds. The van der Waals surface area contributed by atoms with E-state index in [2.05, 4.69) is 10.3 Å². The maximum Gasteiger partial charge on any atom is 0.471 e. The maximum absolute atomic E-state index is 12.9. The Morgan fingerprint density at radius 3 is 2.68 bits per heavy atom. The number of esters is 1. The van der Waals surface area contributed by atoms with Crippen molar-refractivity contribution in [3.63, 3.8) is 0 Å². The molecule has 1 aliphatic rings. The fourth-order valence-electron chi connectivity index (χ4n) is 3.31. The van der Waals surface area contributed by atoms with Crippen LogP contribution in [0.15, 0.2) is 35.1 Å². The third kappa shape index (κ3) is 6.26. The van der Waals surface area contributed by atoms with Gasteiger partial charge in [-0.25, -0.2) is 4.98 Å². The number of alkyl halides is 3. The highest BCUT2D eigenvalue weighted by molar-refractivity contribution is 6.30. The highest BCUT2D eigenvalue weighted by atomic mass is 35.5. The average molecular weight is 503 g/mol. The molecular weight excluding hydrogens is 481 g/mol. The van der Waals surface area contributed by atoms with Crippen molar-refractivity contribution in [2.24, 2.45) is 0 Å². The van der Waals surface area contributed by atoms with Crippen molar-refractivity contribution < 1.29 is 32.2 Å². The number of hydrogen-bond acceptors (Lipinski definition) is 7. The number of ether oxygens (including phenoxy) is 2. The number of rotatable bonds is 7. The fourth-order valence-corrected chi connectivity index (χ4v) is 3.49. The molecule has 2 heterocycles. The molecule has 0 unspecified atom stereocenters.